The average molecular weight is 376 g/mol. The van der Waals surface area contributed by atoms with Crippen LogP contribution in [0, 0.1) is 12.8 Å². The third-order valence-corrected chi connectivity index (χ3v) is 3.94. The number of amides is 1. The zero-order valence-corrected chi connectivity index (χ0v) is 15.2. The van der Waals surface area contributed by atoms with Crippen molar-refractivity contribution in [2.45, 2.75) is 26.2 Å². The van der Waals surface area contributed by atoms with Gasteiger partial charge < -0.3 is 19.5 Å². The van der Waals surface area contributed by atoms with Gasteiger partial charge in [-0.3, -0.25) is 4.79 Å². The van der Waals surface area contributed by atoms with Crippen LogP contribution in [0.1, 0.15) is 24.3 Å². The molecule has 1 aliphatic heterocycles. The van der Waals surface area contributed by atoms with Gasteiger partial charge in [-0.15, -0.1) is 24.8 Å². The number of carbonyl (C=O) groups excluding carboxylic acids is 1. The van der Waals surface area contributed by atoms with Crippen LogP contribution in [0.2, 0.25) is 0 Å². The van der Waals surface area contributed by atoms with Gasteiger partial charge in [0.2, 0.25) is 5.91 Å². The second kappa shape index (κ2) is 9.71. The maximum absolute atomic E-state index is 12.1. The lowest BCUT2D eigenvalue weighted by Gasteiger charge is -2.22. The van der Waals surface area contributed by atoms with Crippen LogP contribution in [0.4, 0.5) is 0 Å². The highest BCUT2D eigenvalue weighted by atomic mass is 35.5. The zero-order chi connectivity index (χ0) is 15.4. The van der Waals surface area contributed by atoms with Gasteiger partial charge in [-0.2, -0.15) is 0 Å². The monoisotopic (exact) mass is 375 g/mol. The maximum Gasteiger partial charge on any atom is 0.263 e. The van der Waals surface area contributed by atoms with Gasteiger partial charge in [0, 0.05) is 6.54 Å². The molecule has 0 saturated carbocycles. The minimum atomic E-state index is -0.0204. The SMILES string of the molecule is Cc1oc(-c2ccco2)nc1CC(=O)NCC1CCCNC1.Cl.Cl. The van der Waals surface area contributed by atoms with Crippen LogP contribution < -0.4 is 10.6 Å². The number of aromatic nitrogens is 1. The van der Waals surface area contributed by atoms with Crippen molar-refractivity contribution >= 4 is 30.7 Å². The van der Waals surface area contributed by atoms with E-state index >= 15 is 0 Å². The number of hydrogen-bond donors (Lipinski definition) is 2. The molecular weight excluding hydrogens is 353 g/mol. The van der Waals surface area contributed by atoms with Crippen LogP contribution in [-0.4, -0.2) is 30.5 Å². The van der Waals surface area contributed by atoms with Gasteiger partial charge in [-0.1, -0.05) is 0 Å². The molecule has 2 aromatic heterocycles. The molecule has 1 amide bonds. The summed E-state index contributed by atoms with van der Waals surface area (Å²) in [5.74, 6) is 2.15. The summed E-state index contributed by atoms with van der Waals surface area (Å²) in [6, 6.07) is 3.56. The van der Waals surface area contributed by atoms with Crippen molar-refractivity contribution in [1.29, 1.82) is 0 Å². The van der Waals surface area contributed by atoms with Crippen molar-refractivity contribution in [3.05, 3.63) is 29.9 Å². The molecule has 0 bridgehead atoms. The summed E-state index contributed by atoms with van der Waals surface area (Å²) in [6.07, 6.45) is 4.14. The van der Waals surface area contributed by atoms with E-state index in [2.05, 4.69) is 15.6 Å². The van der Waals surface area contributed by atoms with Crippen molar-refractivity contribution in [1.82, 2.24) is 15.6 Å². The fourth-order valence-electron chi connectivity index (χ4n) is 2.67. The lowest BCUT2D eigenvalue weighted by Crippen LogP contribution is -2.38. The minimum Gasteiger partial charge on any atom is -0.459 e. The predicted molar refractivity (Wildman–Crippen MR) is 95.7 cm³/mol. The molecule has 0 aliphatic carbocycles. The number of furan rings is 1. The van der Waals surface area contributed by atoms with E-state index in [0.29, 0.717) is 35.6 Å². The topological polar surface area (TPSA) is 80.3 Å². The molecule has 6 nitrogen and oxygen atoms in total. The molecule has 3 rings (SSSR count). The van der Waals surface area contributed by atoms with E-state index in [4.69, 9.17) is 8.83 Å². The fourth-order valence-corrected chi connectivity index (χ4v) is 2.67. The van der Waals surface area contributed by atoms with E-state index in [9.17, 15) is 4.79 Å². The van der Waals surface area contributed by atoms with Gasteiger partial charge in [-0.05, 0) is 50.9 Å². The highest BCUT2D eigenvalue weighted by Gasteiger charge is 2.18. The molecule has 1 aliphatic rings. The first-order chi connectivity index (χ1) is 10.7. The predicted octanol–water partition coefficient (Wildman–Crippen LogP) is 2.74. The molecule has 0 radical (unpaired) electrons. The smallest absolute Gasteiger partial charge is 0.263 e. The van der Waals surface area contributed by atoms with E-state index < -0.39 is 0 Å². The third kappa shape index (κ3) is 5.26. The second-order valence-electron chi connectivity index (χ2n) is 5.69. The largest absolute Gasteiger partial charge is 0.459 e. The molecular formula is C16H23Cl2N3O3. The van der Waals surface area contributed by atoms with Crippen LogP contribution in [0.3, 0.4) is 0 Å². The molecule has 1 fully saturated rings. The maximum atomic E-state index is 12.1. The summed E-state index contributed by atoms with van der Waals surface area (Å²) >= 11 is 0. The third-order valence-electron chi connectivity index (χ3n) is 3.94. The van der Waals surface area contributed by atoms with Crippen molar-refractivity contribution in [3.8, 4) is 11.7 Å². The first-order valence-corrected chi connectivity index (χ1v) is 7.70. The first-order valence-electron chi connectivity index (χ1n) is 7.70. The van der Waals surface area contributed by atoms with Crippen LogP contribution >= 0.6 is 24.8 Å². The van der Waals surface area contributed by atoms with E-state index in [1.165, 1.54) is 12.8 Å². The minimum absolute atomic E-state index is 0. The standard InChI is InChI=1S/C16H21N3O3.2ClH/c1-11-13(19-16(22-11)14-5-3-7-21-14)8-15(20)18-10-12-4-2-6-17-9-12;;/h3,5,7,12,17H,2,4,6,8-10H2,1H3,(H,18,20);2*1H. The number of piperidine rings is 1. The molecule has 1 unspecified atom stereocenters. The van der Waals surface area contributed by atoms with Gasteiger partial charge in [-0.25, -0.2) is 4.98 Å². The lowest BCUT2D eigenvalue weighted by atomic mass is 10.00. The second-order valence-corrected chi connectivity index (χ2v) is 5.69. The molecule has 8 heteroatoms. The van der Waals surface area contributed by atoms with Gasteiger partial charge in [0.25, 0.3) is 5.89 Å². The van der Waals surface area contributed by atoms with Crippen molar-refractivity contribution in [3.63, 3.8) is 0 Å². The number of nitrogens with zero attached hydrogens (tertiary/aromatic N) is 1. The summed E-state index contributed by atoms with van der Waals surface area (Å²) in [5, 5.41) is 6.34. The normalized spacial score (nSPS) is 16.8. The molecule has 1 saturated heterocycles. The van der Waals surface area contributed by atoms with Gasteiger partial charge in [0.1, 0.15) is 5.76 Å². The van der Waals surface area contributed by atoms with Gasteiger partial charge in [0.05, 0.1) is 18.4 Å². The molecule has 134 valence electrons. The molecule has 0 spiro atoms. The number of aryl methyl sites for hydroxylation is 1. The molecule has 2 N–H and O–H groups in total. The number of halogens is 2. The highest BCUT2D eigenvalue weighted by molar-refractivity contribution is 5.85. The zero-order valence-electron chi connectivity index (χ0n) is 13.5. The number of carbonyl (C=O) groups is 1. The lowest BCUT2D eigenvalue weighted by molar-refractivity contribution is -0.120. The average Bonchev–Trinajstić information content (AvgIpc) is 3.17. The summed E-state index contributed by atoms with van der Waals surface area (Å²) in [5.41, 5.74) is 0.658. The molecule has 0 aromatic carbocycles. The van der Waals surface area contributed by atoms with Crippen LogP contribution in [0.15, 0.2) is 27.2 Å². The van der Waals surface area contributed by atoms with E-state index in [-0.39, 0.29) is 37.1 Å². The number of hydrogen-bond acceptors (Lipinski definition) is 5. The van der Waals surface area contributed by atoms with Crippen molar-refractivity contribution < 1.29 is 13.6 Å². The number of rotatable bonds is 5. The number of nitrogens with one attached hydrogen (secondary N) is 2. The highest BCUT2D eigenvalue weighted by Crippen LogP contribution is 2.22. The Morgan fingerprint density at radius 2 is 2.29 bits per heavy atom. The van der Waals surface area contributed by atoms with Crippen LogP contribution in [0.5, 0.6) is 0 Å². The van der Waals surface area contributed by atoms with E-state index in [1.807, 2.05) is 6.92 Å². The fraction of sp³-hybridized carbons (Fsp3) is 0.500. The Bertz CT molecular complexity index is 623. The van der Waals surface area contributed by atoms with Crippen molar-refractivity contribution in [2.24, 2.45) is 5.92 Å². The van der Waals surface area contributed by atoms with Gasteiger partial charge in [0.15, 0.2) is 5.76 Å². The van der Waals surface area contributed by atoms with Crippen LogP contribution in [-0.2, 0) is 11.2 Å². The summed E-state index contributed by atoms with van der Waals surface area (Å²) in [4.78, 5) is 16.4. The Morgan fingerprint density at radius 3 is 2.96 bits per heavy atom. The first kappa shape index (κ1) is 20.5. The summed E-state index contributed by atoms with van der Waals surface area (Å²) in [6.45, 7) is 4.59. The van der Waals surface area contributed by atoms with Crippen LogP contribution in [0.25, 0.3) is 11.7 Å². The Hall–Kier alpha value is -1.50. The molecule has 24 heavy (non-hydrogen) atoms. The Morgan fingerprint density at radius 1 is 1.46 bits per heavy atom. The Labute approximate surface area is 153 Å². The summed E-state index contributed by atoms with van der Waals surface area (Å²) < 4.78 is 10.8. The van der Waals surface area contributed by atoms with Gasteiger partial charge >= 0.3 is 0 Å². The molecule has 3 heterocycles. The van der Waals surface area contributed by atoms with E-state index in [1.54, 1.807) is 18.4 Å². The Balaban J connectivity index is 0.00000144. The Kier molecular flexibility index (Phi) is 8.31. The summed E-state index contributed by atoms with van der Waals surface area (Å²) in [7, 11) is 0. The molecule has 1 atom stereocenters. The van der Waals surface area contributed by atoms with Crippen molar-refractivity contribution in [2.75, 3.05) is 19.6 Å². The van der Waals surface area contributed by atoms with E-state index in [0.717, 1.165) is 13.1 Å². The quantitative estimate of drug-likeness (QED) is 0.839. The number of oxazole rings is 1. The molecule has 2 aromatic rings.